The monoisotopic (exact) mass is 524 g/mol. The molecule has 0 fully saturated rings. The zero-order chi connectivity index (χ0) is 23.9. The molecule has 1 heterocycles. The molecule has 1 amide bonds. The van der Waals surface area contributed by atoms with Gasteiger partial charge >= 0.3 is 5.97 Å². The van der Waals surface area contributed by atoms with E-state index < -0.39 is 21.9 Å². The number of hydrogen-bond donors (Lipinski definition) is 2. The third kappa shape index (κ3) is 4.52. The van der Waals surface area contributed by atoms with E-state index in [4.69, 9.17) is 39.9 Å². The van der Waals surface area contributed by atoms with Crippen LogP contribution in [-0.4, -0.2) is 31.9 Å². The Bertz CT molecular complexity index is 1410. The minimum absolute atomic E-state index is 0.00670. The molecule has 3 aromatic rings. The number of carboxylic acids is 1. The average molecular weight is 526 g/mol. The fraction of sp³-hybridized carbons (Fsp3) is 0.0909. The van der Waals surface area contributed by atoms with Gasteiger partial charge in [0.25, 0.3) is 15.9 Å². The van der Waals surface area contributed by atoms with Crippen LogP contribution in [-0.2, 0) is 16.4 Å². The maximum absolute atomic E-state index is 13.2. The predicted molar refractivity (Wildman–Crippen MR) is 128 cm³/mol. The number of hydrogen-bond acceptors (Lipinski definition) is 4. The molecule has 33 heavy (non-hydrogen) atoms. The maximum atomic E-state index is 13.2. The summed E-state index contributed by atoms with van der Waals surface area (Å²) >= 11 is 17.9. The first-order valence-electron chi connectivity index (χ1n) is 9.53. The summed E-state index contributed by atoms with van der Waals surface area (Å²) < 4.78 is 27.7. The number of nitrogens with zero attached hydrogens (tertiary/aromatic N) is 1. The fourth-order valence-electron chi connectivity index (χ4n) is 3.47. The van der Waals surface area contributed by atoms with Gasteiger partial charge in [0.05, 0.1) is 31.2 Å². The Balaban J connectivity index is 1.62. The molecule has 0 bridgehead atoms. The molecule has 0 atom stereocenters. The summed E-state index contributed by atoms with van der Waals surface area (Å²) in [6.07, 6.45) is 0.490. The van der Waals surface area contributed by atoms with Gasteiger partial charge in [-0.3, -0.25) is 9.10 Å². The van der Waals surface area contributed by atoms with Gasteiger partial charge in [0.2, 0.25) is 0 Å². The minimum Gasteiger partial charge on any atom is -0.478 e. The standard InChI is InChI=1S/C22H15Cl3N2O5S/c23-17-6-4-15(11-19(17)25)33(31,32)27-8-7-12-1-2-13(9-20(12)27)21(28)26-14-3-5-16(22(29)30)18(24)10-14/h1-6,9-11H,7-8H2,(H,26,28)(H,29,30). The Morgan fingerprint density at radius 2 is 1.67 bits per heavy atom. The van der Waals surface area contributed by atoms with E-state index in [2.05, 4.69) is 5.32 Å². The van der Waals surface area contributed by atoms with Gasteiger partial charge in [0, 0.05) is 17.8 Å². The van der Waals surface area contributed by atoms with E-state index >= 15 is 0 Å². The first-order valence-corrected chi connectivity index (χ1v) is 12.1. The van der Waals surface area contributed by atoms with Crippen LogP contribution in [0.3, 0.4) is 0 Å². The van der Waals surface area contributed by atoms with Gasteiger partial charge in [0.1, 0.15) is 0 Å². The summed E-state index contributed by atoms with van der Waals surface area (Å²) in [5, 5.41) is 12.1. The average Bonchev–Trinajstić information content (AvgIpc) is 3.19. The number of halogens is 3. The Hall–Kier alpha value is -2.78. The number of carbonyl (C=O) groups is 2. The van der Waals surface area contributed by atoms with Crippen LogP contribution in [0, 0.1) is 0 Å². The van der Waals surface area contributed by atoms with Crippen LogP contribution < -0.4 is 9.62 Å². The van der Waals surface area contributed by atoms with Crippen molar-refractivity contribution in [3.05, 3.63) is 86.4 Å². The second kappa shape index (κ2) is 8.87. The van der Waals surface area contributed by atoms with Crippen molar-refractivity contribution in [1.29, 1.82) is 0 Å². The molecule has 0 aliphatic carbocycles. The van der Waals surface area contributed by atoms with Crippen LogP contribution >= 0.6 is 34.8 Å². The number of anilines is 2. The molecule has 1 aliphatic heterocycles. The lowest BCUT2D eigenvalue weighted by Crippen LogP contribution is -2.29. The molecule has 2 N–H and O–H groups in total. The van der Waals surface area contributed by atoms with Crippen molar-refractivity contribution in [3.8, 4) is 0 Å². The van der Waals surface area contributed by atoms with Crippen molar-refractivity contribution >= 4 is 68.1 Å². The molecule has 0 radical (unpaired) electrons. The Morgan fingerprint density at radius 3 is 2.33 bits per heavy atom. The van der Waals surface area contributed by atoms with Crippen LogP contribution in [0.2, 0.25) is 15.1 Å². The zero-order valence-electron chi connectivity index (χ0n) is 16.7. The highest BCUT2D eigenvalue weighted by Gasteiger charge is 2.32. The molecule has 4 rings (SSSR count). The molecule has 11 heteroatoms. The van der Waals surface area contributed by atoms with Crippen LogP contribution in [0.15, 0.2) is 59.5 Å². The molecule has 3 aromatic carbocycles. The summed E-state index contributed by atoms with van der Waals surface area (Å²) in [4.78, 5) is 23.9. The normalized spacial score (nSPS) is 13.0. The van der Waals surface area contributed by atoms with Crippen molar-refractivity contribution in [2.45, 2.75) is 11.3 Å². The summed E-state index contributed by atoms with van der Waals surface area (Å²) in [5.74, 6) is -1.68. The van der Waals surface area contributed by atoms with Gasteiger partial charge in [-0.2, -0.15) is 0 Å². The van der Waals surface area contributed by atoms with E-state index in [-0.39, 0.29) is 37.6 Å². The quantitative estimate of drug-likeness (QED) is 0.467. The molecule has 1 aliphatic rings. The largest absolute Gasteiger partial charge is 0.478 e. The third-order valence-corrected chi connectivity index (χ3v) is 8.00. The second-order valence-electron chi connectivity index (χ2n) is 7.20. The van der Waals surface area contributed by atoms with E-state index in [1.165, 1.54) is 46.8 Å². The number of nitrogens with one attached hydrogen (secondary N) is 1. The summed E-state index contributed by atoms with van der Waals surface area (Å²) in [7, 11) is -3.93. The van der Waals surface area contributed by atoms with Crippen molar-refractivity contribution < 1.29 is 23.1 Å². The molecule has 0 saturated carbocycles. The van der Waals surface area contributed by atoms with Gasteiger partial charge in [-0.25, -0.2) is 13.2 Å². The van der Waals surface area contributed by atoms with Crippen LogP contribution in [0.4, 0.5) is 11.4 Å². The SMILES string of the molecule is O=C(Nc1ccc(C(=O)O)c(Cl)c1)c1ccc2c(c1)N(S(=O)(=O)c1ccc(Cl)c(Cl)c1)CC2. The molecule has 0 aromatic heterocycles. The number of rotatable bonds is 5. The number of carbonyl (C=O) groups excluding carboxylic acids is 1. The van der Waals surface area contributed by atoms with E-state index in [1.54, 1.807) is 12.1 Å². The lowest BCUT2D eigenvalue weighted by molar-refractivity contribution is 0.0697. The van der Waals surface area contributed by atoms with Gasteiger partial charge < -0.3 is 10.4 Å². The van der Waals surface area contributed by atoms with Crippen molar-refractivity contribution in [3.63, 3.8) is 0 Å². The van der Waals surface area contributed by atoms with E-state index in [0.717, 1.165) is 5.56 Å². The third-order valence-electron chi connectivity index (χ3n) is 5.14. The molecule has 170 valence electrons. The number of benzene rings is 3. The number of aromatic carboxylic acids is 1. The Kier molecular flexibility index (Phi) is 6.28. The molecule has 0 unspecified atom stereocenters. The first kappa shape index (κ1) is 23.4. The number of amides is 1. The van der Waals surface area contributed by atoms with Gasteiger partial charge in [0.15, 0.2) is 0 Å². The van der Waals surface area contributed by atoms with E-state index in [1.807, 2.05) is 0 Å². The Labute approximate surface area is 204 Å². The maximum Gasteiger partial charge on any atom is 0.337 e. The highest BCUT2D eigenvalue weighted by atomic mass is 35.5. The highest BCUT2D eigenvalue weighted by molar-refractivity contribution is 7.92. The minimum atomic E-state index is -3.93. The van der Waals surface area contributed by atoms with E-state index in [0.29, 0.717) is 17.8 Å². The van der Waals surface area contributed by atoms with Crippen molar-refractivity contribution in [1.82, 2.24) is 0 Å². The lowest BCUT2D eigenvalue weighted by atomic mass is 10.1. The smallest absolute Gasteiger partial charge is 0.337 e. The number of fused-ring (bicyclic) bond motifs is 1. The number of carboxylic acid groups (broad SMARTS) is 1. The van der Waals surface area contributed by atoms with E-state index in [9.17, 15) is 18.0 Å². The molecule has 0 saturated heterocycles. The topological polar surface area (TPSA) is 104 Å². The second-order valence-corrected chi connectivity index (χ2v) is 10.3. The highest BCUT2D eigenvalue weighted by Crippen LogP contribution is 2.35. The summed E-state index contributed by atoms with van der Waals surface area (Å²) in [5.41, 5.74) is 1.62. The number of sulfonamides is 1. The van der Waals surface area contributed by atoms with Crippen molar-refractivity contribution in [2.24, 2.45) is 0 Å². The lowest BCUT2D eigenvalue weighted by Gasteiger charge is -2.20. The Morgan fingerprint density at radius 1 is 0.909 bits per heavy atom. The molecular formula is C22H15Cl3N2O5S. The predicted octanol–water partition coefficient (Wildman–Crippen LogP) is 5.35. The van der Waals surface area contributed by atoms with Gasteiger partial charge in [-0.05, 0) is 60.5 Å². The first-order chi connectivity index (χ1) is 15.6. The van der Waals surface area contributed by atoms with Gasteiger partial charge in [-0.1, -0.05) is 40.9 Å². The zero-order valence-corrected chi connectivity index (χ0v) is 19.8. The van der Waals surface area contributed by atoms with Crippen LogP contribution in [0.25, 0.3) is 0 Å². The fourth-order valence-corrected chi connectivity index (χ4v) is 5.62. The summed E-state index contributed by atoms with van der Waals surface area (Å²) in [6, 6.07) is 12.9. The van der Waals surface area contributed by atoms with Crippen molar-refractivity contribution in [2.75, 3.05) is 16.2 Å². The summed E-state index contributed by atoms with van der Waals surface area (Å²) in [6.45, 7) is 0.218. The molecule has 7 nitrogen and oxygen atoms in total. The molecule has 0 spiro atoms. The molecular weight excluding hydrogens is 511 g/mol. The van der Waals surface area contributed by atoms with Crippen LogP contribution in [0.5, 0.6) is 0 Å². The van der Waals surface area contributed by atoms with Gasteiger partial charge in [-0.15, -0.1) is 0 Å². The van der Waals surface area contributed by atoms with Crippen LogP contribution in [0.1, 0.15) is 26.3 Å².